The minimum Gasteiger partial charge on any atom is -0.378 e. The molecule has 0 aliphatic heterocycles. The molecule has 0 bridgehead atoms. The zero-order valence-electron chi connectivity index (χ0n) is 10.8. The van der Waals surface area contributed by atoms with Crippen LogP contribution in [0.2, 0.25) is 0 Å². The lowest BCUT2D eigenvalue weighted by atomic mass is 9.80. The van der Waals surface area contributed by atoms with E-state index in [1.54, 1.807) is 0 Å². The van der Waals surface area contributed by atoms with Gasteiger partial charge >= 0.3 is 0 Å². The highest BCUT2D eigenvalue weighted by Crippen LogP contribution is 2.33. The van der Waals surface area contributed by atoms with Crippen molar-refractivity contribution in [1.82, 2.24) is 5.43 Å². The van der Waals surface area contributed by atoms with Crippen LogP contribution in [0.1, 0.15) is 37.2 Å². The molecule has 2 unspecified atom stereocenters. The molecule has 1 aliphatic carbocycles. The number of nitrogens with zero attached hydrogens (tertiary/aromatic N) is 1. The fourth-order valence-corrected chi connectivity index (χ4v) is 2.75. The van der Waals surface area contributed by atoms with Gasteiger partial charge in [0.25, 0.3) is 0 Å². The quantitative estimate of drug-likeness (QED) is 0.621. The molecular formula is C14H23N3. The second-order valence-electron chi connectivity index (χ2n) is 5.15. The Morgan fingerprint density at radius 1 is 1.12 bits per heavy atom. The first kappa shape index (κ1) is 12.4. The van der Waals surface area contributed by atoms with Crippen LogP contribution in [0.4, 0.5) is 5.69 Å². The Balaban J connectivity index is 2.15. The van der Waals surface area contributed by atoms with Gasteiger partial charge in [-0.05, 0) is 30.5 Å². The predicted octanol–water partition coefficient (Wildman–Crippen LogP) is 2.24. The van der Waals surface area contributed by atoms with Crippen LogP contribution in [-0.2, 0) is 0 Å². The Bertz CT molecular complexity index is 345. The Morgan fingerprint density at radius 3 is 2.35 bits per heavy atom. The van der Waals surface area contributed by atoms with Gasteiger partial charge in [-0.25, -0.2) is 0 Å². The number of anilines is 1. The summed E-state index contributed by atoms with van der Waals surface area (Å²) in [6.45, 7) is 0. The van der Waals surface area contributed by atoms with Crippen molar-refractivity contribution in [1.29, 1.82) is 0 Å². The van der Waals surface area contributed by atoms with Gasteiger partial charge in [0.2, 0.25) is 0 Å². The van der Waals surface area contributed by atoms with Crippen LogP contribution in [0.15, 0.2) is 24.3 Å². The van der Waals surface area contributed by atoms with Crippen molar-refractivity contribution >= 4 is 5.69 Å². The fourth-order valence-electron chi connectivity index (χ4n) is 2.75. The van der Waals surface area contributed by atoms with E-state index >= 15 is 0 Å². The van der Waals surface area contributed by atoms with E-state index in [9.17, 15) is 0 Å². The molecule has 17 heavy (non-hydrogen) atoms. The first-order chi connectivity index (χ1) is 8.22. The van der Waals surface area contributed by atoms with Gasteiger partial charge in [0.05, 0.1) is 0 Å². The summed E-state index contributed by atoms with van der Waals surface area (Å²) in [5.74, 6) is 6.22. The van der Waals surface area contributed by atoms with Crippen molar-refractivity contribution in [2.24, 2.45) is 5.84 Å². The van der Waals surface area contributed by atoms with E-state index in [-0.39, 0.29) is 0 Å². The van der Waals surface area contributed by atoms with Crippen LogP contribution >= 0.6 is 0 Å². The largest absolute Gasteiger partial charge is 0.378 e. The standard InChI is InChI=1S/C14H23N3/c1-17(2)12-9-7-11(8-10-12)13-5-3-4-6-14(13)16-15/h7-10,13-14,16H,3-6,15H2,1-2H3. The number of rotatable bonds is 3. The van der Waals surface area contributed by atoms with Crippen LogP contribution in [0, 0.1) is 0 Å². The molecular weight excluding hydrogens is 210 g/mol. The lowest BCUT2D eigenvalue weighted by molar-refractivity contribution is 0.331. The summed E-state index contributed by atoms with van der Waals surface area (Å²) < 4.78 is 0. The highest BCUT2D eigenvalue weighted by atomic mass is 15.2. The molecule has 1 fully saturated rings. The van der Waals surface area contributed by atoms with Crippen molar-refractivity contribution in [3.8, 4) is 0 Å². The molecule has 0 saturated heterocycles. The lowest BCUT2D eigenvalue weighted by Gasteiger charge is -2.31. The second kappa shape index (κ2) is 5.52. The number of nitrogens with one attached hydrogen (secondary N) is 1. The molecule has 1 aromatic rings. The molecule has 0 radical (unpaired) electrons. The van der Waals surface area contributed by atoms with Crippen molar-refractivity contribution in [2.75, 3.05) is 19.0 Å². The van der Waals surface area contributed by atoms with E-state index in [1.165, 1.54) is 36.9 Å². The Labute approximate surface area is 104 Å². The van der Waals surface area contributed by atoms with Gasteiger partial charge in [-0.3, -0.25) is 11.3 Å². The Kier molecular flexibility index (Phi) is 4.02. The van der Waals surface area contributed by atoms with Gasteiger partial charge in [-0.2, -0.15) is 0 Å². The molecule has 1 aromatic carbocycles. The summed E-state index contributed by atoms with van der Waals surface area (Å²) >= 11 is 0. The average Bonchev–Trinajstić information content (AvgIpc) is 2.39. The van der Waals surface area contributed by atoms with E-state index in [2.05, 4.69) is 48.7 Å². The van der Waals surface area contributed by atoms with Crippen molar-refractivity contribution in [3.63, 3.8) is 0 Å². The molecule has 3 heteroatoms. The third kappa shape index (κ3) is 2.79. The molecule has 3 nitrogen and oxygen atoms in total. The van der Waals surface area contributed by atoms with Gasteiger partial charge in [-0.1, -0.05) is 25.0 Å². The topological polar surface area (TPSA) is 41.3 Å². The number of hydrazine groups is 1. The van der Waals surface area contributed by atoms with E-state index in [0.717, 1.165) is 0 Å². The van der Waals surface area contributed by atoms with Gasteiger partial charge in [0.1, 0.15) is 0 Å². The molecule has 2 rings (SSSR count). The predicted molar refractivity (Wildman–Crippen MR) is 73.1 cm³/mol. The molecule has 2 atom stereocenters. The minimum atomic E-state index is 0.439. The summed E-state index contributed by atoms with van der Waals surface area (Å²) in [6.07, 6.45) is 5.05. The van der Waals surface area contributed by atoms with Crippen molar-refractivity contribution in [3.05, 3.63) is 29.8 Å². The molecule has 1 aliphatic rings. The van der Waals surface area contributed by atoms with Gasteiger partial charge < -0.3 is 4.90 Å². The number of benzene rings is 1. The minimum absolute atomic E-state index is 0.439. The average molecular weight is 233 g/mol. The zero-order chi connectivity index (χ0) is 12.3. The zero-order valence-corrected chi connectivity index (χ0v) is 10.8. The normalized spacial score (nSPS) is 24.6. The highest BCUT2D eigenvalue weighted by Gasteiger charge is 2.25. The first-order valence-corrected chi connectivity index (χ1v) is 6.46. The Hall–Kier alpha value is -1.06. The molecule has 94 valence electrons. The Morgan fingerprint density at radius 2 is 1.76 bits per heavy atom. The summed E-state index contributed by atoms with van der Waals surface area (Å²) in [4.78, 5) is 2.13. The summed E-state index contributed by atoms with van der Waals surface area (Å²) in [5.41, 5.74) is 5.65. The van der Waals surface area contributed by atoms with E-state index < -0.39 is 0 Å². The maximum absolute atomic E-state index is 5.65. The first-order valence-electron chi connectivity index (χ1n) is 6.46. The van der Waals surface area contributed by atoms with E-state index in [4.69, 9.17) is 5.84 Å². The van der Waals surface area contributed by atoms with E-state index in [0.29, 0.717) is 12.0 Å². The van der Waals surface area contributed by atoms with Crippen molar-refractivity contribution in [2.45, 2.75) is 37.6 Å². The van der Waals surface area contributed by atoms with E-state index in [1.807, 2.05) is 0 Å². The van der Waals surface area contributed by atoms with Crippen molar-refractivity contribution < 1.29 is 0 Å². The summed E-state index contributed by atoms with van der Waals surface area (Å²) in [5, 5.41) is 0. The lowest BCUT2D eigenvalue weighted by Crippen LogP contribution is -2.41. The third-order valence-electron chi connectivity index (χ3n) is 3.82. The molecule has 0 spiro atoms. The summed E-state index contributed by atoms with van der Waals surface area (Å²) in [7, 11) is 4.14. The van der Waals surface area contributed by atoms with Gasteiger partial charge in [0.15, 0.2) is 0 Å². The smallest absolute Gasteiger partial charge is 0.0361 e. The van der Waals surface area contributed by atoms with Crippen LogP contribution in [-0.4, -0.2) is 20.1 Å². The van der Waals surface area contributed by atoms with Gasteiger partial charge in [-0.15, -0.1) is 0 Å². The SMILES string of the molecule is CN(C)c1ccc(C2CCCCC2NN)cc1. The molecule has 0 heterocycles. The fraction of sp³-hybridized carbons (Fsp3) is 0.571. The second-order valence-corrected chi connectivity index (χ2v) is 5.15. The van der Waals surface area contributed by atoms with Crippen LogP contribution in [0.5, 0.6) is 0 Å². The monoisotopic (exact) mass is 233 g/mol. The maximum Gasteiger partial charge on any atom is 0.0361 e. The van der Waals surface area contributed by atoms with Crippen LogP contribution < -0.4 is 16.2 Å². The molecule has 0 aromatic heterocycles. The maximum atomic E-state index is 5.65. The summed E-state index contributed by atoms with van der Waals surface area (Å²) in [6, 6.07) is 9.31. The number of hydrogen-bond acceptors (Lipinski definition) is 3. The molecule has 3 N–H and O–H groups in total. The number of nitrogens with two attached hydrogens (primary N) is 1. The van der Waals surface area contributed by atoms with Gasteiger partial charge in [0, 0.05) is 31.7 Å². The van der Waals surface area contributed by atoms with Crippen LogP contribution in [0.25, 0.3) is 0 Å². The third-order valence-corrected chi connectivity index (χ3v) is 3.82. The number of hydrogen-bond donors (Lipinski definition) is 2. The highest BCUT2D eigenvalue weighted by molar-refractivity contribution is 5.46. The molecule has 0 amide bonds. The molecule has 1 saturated carbocycles. The van der Waals surface area contributed by atoms with Crippen LogP contribution in [0.3, 0.4) is 0 Å².